The first-order chi connectivity index (χ1) is 11.2. The summed E-state index contributed by atoms with van der Waals surface area (Å²) in [5.74, 6) is 0.887. The highest BCUT2D eigenvalue weighted by molar-refractivity contribution is 6.23. The number of methoxy groups -OCH3 is 1. The molecule has 1 aromatic carbocycles. The Hall–Kier alpha value is -1.81. The second kappa shape index (κ2) is 6.75. The third-order valence-electron chi connectivity index (χ3n) is 5.10. The molecule has 1 heterocycles. The van der Waals surface area contributed by atoms with Crippen LogP contribution < -0.4 is 15.4 Å². The van der Waals surface area contributed by atoms with Gasteiger partial charge in [-0.15, -0.1) is 0 Å². The number of amides is 1. The minimum atomic E-state index is -0.132. The molecule has 1 aromatic rings. The van der Waals surface area contributed by atoms with Crippen molar-refractivity contribution < 1.29 is 9.53 Å². The third-order valence-corrected chi connectivity index (χ3v) is 5.10. The zero-order valence-electron chi connectivity index (χ0n) is 14.1. The van der Waals surface area contributed by atoms with E-state index in [4.69, 9.17) is 4.74 Å². The van der Waals surface area contributed by atoms with Crippen LogP contribution in [0, 0.1) is 0 Å². The summed E-state index contributed by atoms with van der Waals surface area (Å²) in [6.07, 6.45) is 5.75. The Labute approximate surface area is 138 Å². The fraction of sp³-hybridized carbons (Fsp3) is 0.526. The second-order valence-electron chi connectivity index (χ2n) is 6.46. The van der Waals surface area contributed by atoms with Gasteiger partial charge in [-0.3, -0.25) is 4.79 Å². The topological polar surface area (TPSA) is 50.4 Å². The SMILES string of the molecule is CCNCC1=C(c2ccc(OC)cc2)C(=O)NC12CCCCC2. The maximum absolute atomic E-state index is 12.7. The Bertz CT molecular complexity index is 598. The number of hydrogen-bond donors (Lipinski definition) is 2. The van der Waals surface area contributed by atoms with Crippen molar-refractivity contribution in [2.24, 2.45) is 0 Å². The zero-order chi connectivity index (χ0) is 16.3. The van der Waals surface area contributed by atoms with E-state index in [1.54, 1.807) is 7.11 Å². The average Bonchev–Trinajstić information content (AvgIpc) is 2.84. The molecule has 4 heteroatoms. The van der Waals surface area contributed by atoms with Crippen LogP contribution in [0.25, 0.3) is 5.57 Å². The first kappa shape index (κ1) is 16.1. The van der Waals surface area contributed by atoms with Gasteiger partial charge in [0.15, 0.2) is 0 Å². The van der Waals surface area contributed by atoms with E-state index in [9.17, 15) is 4.79 Å². The minimum absolute atomic E-state index is 0.0740. The van der Waals surface area contributed by atoms with Crippen molar-refractivity contribution in [3.05, 3.63) is 35.4 Å². The summed E-state index contributed by atoms with van der Waals surface area (Å²) in [5, 5.41) is 6.75. The second-order valence-corrected chi connectivity index (χ2v) is 6.46. The Morgan fingerprint density at radius 3 is 2.48 bits per heavy atom. The van der Waals surface area contributed by atoms with Gasteiger partial charge in [-0.25, -0.2) is 0 Å². The summed E-state index contributed by atoms with van der Waals surface area (Å²) >= 11 is 0. The fourth-order valence-corrected chi connectivity index (χ4v) is 3.88. The molecule has 4 nitrogen and oxygen atoms in total. The van der Waals surface area contributed by atoms with Gasteiger partial charge in [0.05, 0.1) is 12.6 Å². The van der Waals surface area contributed by atoms with Crippen LogP contribution in [-0.4, -0.2) is 31.6 Å². The van der Waals surface area contributed by atoms with Crippen molar-refractivity contribution in [3.8, 4) is 5.75 Å². The summed E-state index contributed by atoms with van der Waals surface area (Å²) in [4.78, 5) is 12.7. The van der Waals surface area contributed by atoms with Gasteiger partial charge < -0.3 is 15.4 Å². The number of rotatable bonds is 5. The van der Waals surface area contributed by atoms with Gasteiger partial charge in [0, 0.05) is 12.1 Å². The van der Waals surface area contributed by atoms with Crippen LogP contribution in [0.1, 0.15) is 44.6 Å². The molecule has 0 unspecified atom stereocenters. The number of benzene rings is 1. The molecule has 1 spiro atoms. The molecule has 0 atom stereocenters. The lowest BCUT2D eigenvalue weighted by Gasteiger charge is -2.36. The standard InChI is InChI=1S/C19H26N2O2/c1-3-20-13-16-17(14-7-9-15(23-2)10-8-14)18(22)21-19(16)11-5-4-6-12-19/h7-10,20H,3-6,11-13H2,1-2H3,(H,21,22). The molecule has 0 bridgehead atoms. The van der Waals surface area contributed by atoms with Gasteiger partial charge in [-0.05, 0) is 42.7 Å². The maximum Gasteiger partial charge on any atom is 0.252 e. The van der Waals surface area contributed by atoms with Gasteiger partial charge in [-0.2, -0.15) is 0 Å². The number of hydrogen-bond acceptors (Lipinski definition) is 3. The molecular weight excluding hydrogens is 288 g/mol. The number of ether oxygens (including phenoxy) is 1. The van der Waals surface area contributed by atoms with Crippen LogP contribution >= 0.6 is 0 Å². The van der Waals surface area contributed by atoms with E-state index < -0.39 is 0 Å². The molecule has 1 amide bonds. The molecule has 0 aromatic heterocycles. The summed E-state index contributed by atoms with van der Waals surface area (Å²) in [6, 6.07) is 7.82. The summed E-state index contributed by atoms with van der Waals surface area (Å²) in [7, 11) is 1.66. The predicted octanol–water partition coefficient (Wildman–Crippen LogP) is 2.89. The molecule has 0 saturated heterocycles. The fourth-order valence-electron chi connectivity index (χ4n) is 3.88. The van der Waals surface area contributed by atoms with Crippen molar-refractivity contribution >= 4 is 11.5 Å². The lowest BCUT2D eigenvalue weighted by molar-refractivity contribution is -0.116. The van der Waals surface area contributed by atoms with Crippen LogP contribution in [0.5, 0.6) is 5.75 Å². The van der Waals surface area contributed by atoms with Crippen molar-refractivity contribution in [3.63, 3.8) is 0 Å². The van der Waals surface area contributed by atoms with Crippen LogP contribution in [-0.2, 0) is 4.79 Å². The van der Waals surface area contributed by atoms with Crippen LogP contribution in [0.2, 0.25) is 0 Å². The van der Waals surface area contributed by atoms with Crippen molar-refractivity contribution in [1.82, 2.24) is 10.6 Å². The number of nitrogens with one attached hydrogen (secondary N) is 2. The lowest BCUT2D eigenvalue weighted by atomic mass is 9.76. The molecule has 1 aliphatic carbocycles. The molecule has 1 fully saturated rings. The van der Waals surface area contributed by atoms with Crippen LogP contribution in [0.4, 0.5) is 0 Å². The van der Waals surface area contributed by atoms with Gasteiger partial charge in [-0.1, -0.05) is 38.3 Å². The molecule has 0 radical (unpaired) electrons. The predicted molar refractivity (Wildman–Crippen MR) is 92.4 cm³/mol. The van der Waals surface area contributed by atoms with Gasteiger partial charge >= 0.3 is 0 Å². The Balaban J connectivity index is 2.02. The Morgan fingerprint density at radius 1 is 1.17 bits per heavy atom. The van der Waals surface area contributed by atoms with E-state index in [1.165, 1.54) is 24.8 Å². The summed E-state index contributed by atoms with van der Waals surface area (Å²) in [5.41, 5.74) is 2.95. The van der Waals surface area contributed by atoms with Crippen LogP contribution in [0.15, 0.2) is 29.8 Å². The van der Waals surface area contributed by atoms with E-state index in [2.05, 4.69) is 17.6 Å². The third kappa shape index (κ3) is 3.00. The summed E-state index contributed by atoms with van der Waals surface area (Å²) < 4.78 is 5.23. The molecule has 23 heavy (non-hydrogen) atoms. The van der Waals surface area contributed by atoms with Gasteiger partial charge in [0.25, 0.3) is 5.91 Å². The average molecular weight is 314 g/mol. The maximum atomic E-state index is 12.7. The molecule has 3 rings (SSSR count). The van der Waals surface area contributed by atoms with Crippen LogP contribution in [0.3, 0.4) is 0 Å². The number of likely N-dealkylation sites (N-methyl/N-ethyl adjacent to an activating group) is 1. The first-order valence-corrected chi connectivity index (χ1v) is 8.61. The van der Waals surface area contributed by atoms with E-state index in [0.717, 1.165) is 42.8 Å². The Kier molecular flexibility index (Phi) is 4.71. The highest BCUT2D eigenvalue weighted by atomic mass is 16.5. The quantitative estimate of drug-likeness (QED) is 0.878. The number of carbonyl (C=O) groups excluding carboxylic acids is 1. The van der Waals surface area contributed by atoms with Crippen molar-refractivity contribution in [2.45, 2.75) is 44.6 Å². The number of carbonyl (C=O) groups is 1. The normalized spacial score (nSPS) is 20.0. The molecule has 1 saturated carbocycles. The largest absolute Gasteiger partial charge is 0.497 e. The van der Waals surface area contributed by atoms with E-state index >= 15 is 0 Å². The molecule has 1 aliphatic heterocycles. The smallest absolute Gasteiger partial charge is 0.252 e. The Morgan fingerprint density at radius 2 is 1.87 bits per heavy atom. The van der Waals surface area contributed by atoms with E-state index in [1.807, 2.05) is 24.3 Å². The van der Waals surface area contributed by atoms with Crippen molar-refractivity contribution in [2.75, 3.05) is 20.2 Å². The molecule has 2 aliphatic rings. The molecule has 124 valence electrons. The monoisotopic (exact) mass is 314 g/mol. The van der Waals surface area contributed by atoms with Gasteiger partial charge in [0.2, 0.25) is 0 Å². The highest BCUT2D eigenvalue weighted by Gasteiger charge is 2.45. The van der Waals surface area contributed by atoms with Gasteiger partial charge in [0.1, 0.15) is 5.75 Å². The molecular formula is C19H26N2O2. The molecule has 2 N–H and O–H groups in total. The zero-order valence-corrected chi connectivity index (χ0v) is 14.1. The first-order valence-electron chi connectivity index (χ1n) is 8.61. The van der Waals surface area contributed by atoms with Crippen molar-refractivity contribution in [1.29, 1.82) is 0 Å². The highest BCUT2D eigenvalue weighted by Crippen LogP contribution is 2.42. The minimum Gasteiger partial charge on any atom is -0.497 e. The lowest BCUT2D eigenvalue weighted by Crippen LogP contribution is -2.47. The van der Waals surface area contributed by atoms with E-state index in [-0.39, 0.29) is 11.4 Å². The van der Waals surface area contributed by atoms with E-state index in [0.29, 0.717) is 0 Å². The summed E-state index contributed by atoms with van der Waals surface area (Å²) in [6.45, 7) is 3.78.